The van der Waals surface area contributed by atoms with Crippen LogP contribution in [0, 0.1) is 0 Å². The summed E-state index contributed by atoms with van der Waals surface area (Å²) in [5, 5.41) is 2.95. The van der Waals surface area contributed by atoms with Crippen molar-refractivity contribution in [2.75, 3.05) is 17.6 Å². The Labute approximate surface area is 115 Å². The molecule has 4 heteroatoms. The number of rotatable bonds is 3. The first-order chi connectivity index (χ1) is 9.20. The maximum absolute atomic E-state index is 12.3. The number of urea groups is 1. The van der Waals surface area contributed by atoms with E-state index in [0.29, 0.717) is 11.7 Å². The second kappa shape index (κ2) is 6.45. The molecular weight excluding hydrogens is 238 g/mol. The minimum Gasteiger partial charge on any atom is -0.399 e. The third kappa shape index (κ3) is 3.63. The van der Waals surface area contributed by atoms with Crippen molar-refractivity contribution in [2.45, 2.75) is 45.1 Å². The van der Waals surface area contributed by atoms with E-state index >= 15 is 0 Å². The Kier molecular flexibility index (Phi) is 4.66. The molecule has 1 saturated carbocycles. The molecule has 3 N–H and O–H groups in total. The Hall–Kier alpha value is -1.71. The summed E-state index contributed by atoms with van der Waals surface area (Å²) in [5.74, 6) is 0. The van der Waals surface area contributed by atoms with Gasteiger partial charge in [0.2, 0.25) is 0 Å². The van der Waals surface area contributed by atoms with Gasteiger partial charge in [0.15, 0.2) is 0 Å². The van der Waals surface area contributed by atoms with Crippen LogP contribution in [0.25, 0.3) is 0 Å². The van der Waals surface area contributed by atoms with E-state index in [0.717, 1.165) is 25.1 Å². The molecule has 0 bridgehead atoms. The fourth-order valence-corrected chi connectivity index (χ4v) is 2.72. The van der Waals surface area contributed by atoms with Crippen LogP contribution in [0.2, 0.25) is 0 Å². The smallest absolute Gasteiger partial charge is 0.322 e. The van der Waals surface area contributed by atoms with Gasteiger partial charge in [0.25, 0.3) is 0 Å². The number of benzene rings is 1. The lowest BCUT2D eigenvalue weighted by Crippen LogP contribution is -2.43. The number of carbonyl (C=O) groups is 1. The number of nitrogens with one attached hydrogen (secondary N) is 1. The maximum atomic E-state index is 12.3. The Balaban J connectivity index is 1.97. The van der Waals surface area contributed by atoms with Crippen LogP contribution >= 0.6 is 0 Å². The van der Waals surface area contributed by atoms with Crippen molar-refractivity contribution in [1.29, 1.82) is 0 Å². The number of anilines is 2. The van der Waals surface area contributed by atoms with Crippen LogP contribution in [0.3, 0.4) is 0 Å². The van der Waals surface area contributed by atoms with E-state index in [1.807, 2.05) is 24.0 Å². The minimum atomic E-state index is -0.000767. The molecule has 1 aromatic carbocycles. The SMILES string of the molecule is CCN(C(=O)Nc1ccc(N)cc1)C1CCCCC1. The van der Waals surface area contributed by atoms with E-state index < -0.39 is 0 Å². The first kappa shape index (κ1) is 13.7. The van der Waals surface area contributed by atoms with Gasteiger partial charge >= 0.3 is 6.03 Å². The second-order valence-electron chi connectivity index (χ2n) is 5.13. The number of nitrogens with two attached hydrogens (primary N) is 1. The van der Waals surface area contributed by atoms with Crippen molar-refractivity contribution in [3.05, 3.63) is 24.3 Å². The summed E-state index contributed by atoms with van der Waals surface area (Å²) in [6.07, 6.45) is 6.02. The molecule has 1 fully saturated rings. The average molecular weight is 261 g/mol. The topological polar surface area (TPSA) is 58.4 Å². The quantitative estimate of drug-likeness (QED) is 0.819. The molecule has 4 nitrogen and oxygen atoms in total. The monoisotopic (exact) mass is 261 g/mol. The Morgan fingerprint density at radius 3 is 2.47 bits per heavy atom. The Morgan fingerprint density at radius 1 is 1.26 bits per heavy atom. The van der Waals surface area contributed by atoms with Crippen molar-refractivity contribution in [1.82, 2.24) is 4.90 Å². The largest absolute Gasteiger partial charge is 0.399 e. The normalized spacial score (nSPS) is 16.1. The molecule has 0 saturated heterocycles. The molecule has 104 valence electrons. The second-order valence-corrected chi connectivity index (χ2v) is 5.13. The summed E-state index contributed by atoms with van der Waals surface area (Å²) >= 11 is 0. The third-order valence-corrected chi connectivity index (χ3v) is 3.78. The zero-order valence-corrected chi connectivity index (χ0v) is 11.6. The average Bonchev–Trinajstić information content (AvgIpc) is 2.43. The van der Waals surface area contributed by atoms with Crippen molar-refractivity contribution in [2.24, 2.45) is 0 Å². The highest BCUT2D eigenvalue weighted by Gasteiger charge is 2.23. The highest BCUT2D eigenvalue weighted by molar-refractivity contribution is 5.89. The van der Waals surface area contributed by atoms with E-state index in [9.17, 15) is 4.79 Å². The zero-order valence-electron chi connectivity index (χ0n) is 11.6. The van der Waals surface area contributed by atoms with Gasteiger partial charge in [-0.05, 0) is 44.0 Å². The van der Waals surface area contributed by atoms with Gasteiger partial charge in [0, 0.05) is 24.0 Å². The summed E-state index contributed by atoms with van der Waals surface area (Å²) < 4.78 is 0. The van der Waals surface area contributed by atoms with Gasteiger partial charge < -0.3 is 16.0 Å². The van der Waals surface area contributed by atoms with Crippen molar-refractivity contribution < 1.29 is 4.79 Å². The molecule has 1 aromatic rings. The fraction of sp³-hybridized carbons (Fsp3) is 0.533. The molecule has 0 unspecified atom stereocenters. The number of amides is 2. The van der Waals surface area contributed by atoms with Crippen LogP contribution < -0.4 is 11.1 Å². The van der Waals surface area contributed by atoms with E-state index in [2.05, 4.69) is 5.32 Å². The van der Waals surface area contributed by atoms with Crippen LogP contribution in [0.15, 0.2) is 24.3 Å². The molecule has 1 aliphatic carbocycles. The summed E-state index contributed by atoms with van der Waals surface area (Å²) in [7, 11) is 0. The molecule has 0 aliphatic heterocycles. The molecule has 0 spiro atoms. The number of hydrogen-bond acceptors (Lipinski definition) is 2. The van der Waals surface area contributed by atoms with E-state index in [4.69, 9.17) is 5.73 Å². The van der Waals surface area contributed by atoms with Gasteiger partial charge in [-0.25, -0.2) is 4.79 Å². The lowest BCUT2D eigenvalue weighted by molar-refractivity contribution is 0.172. The third-order valence-electron chi connectivity index (χ3n) is 3.78. The van der Waals surface area contributed by atoms with Crippen LogP contribution in [0.1, 0.15) is 39.0 Å². The first-order valence-corrected chi connectivity index (χ1v) is 7.14. The molecule has 0 atom stereocenters. The summed E-state index contributed by atoms with van der Waals surface area (Å²) in [4.78, 5) is 14.3. The predicted octanol–water partition coefficient (Wildman–Crippen LogP) is 3.46. The zero-order chi connectivity index (χ0) is 13.7. The number of nitrogen functional groups attached to an aromatic ring is 1. The molecular formula is C15H23N3O. The number of hydrogen-bond donors (Lipinski definition) is 2. The molecule has 0 heterocycles. The van der Waals surface area contributed by atoms with Crippen molar-refractivity contribution in [3.8, 4) is 0 Å². The minimum absolute atomic E-state index is 0.000767. The van der Waals surface area contributed by atoms with Gasteiger partial charge in [-0.2, -0.15) is 0 Å². The van der Waals surface area contributed by atoms with Crippen LogP contribution in [0.5, 0.6) is 0 Å². The molecule has 0 radical (unpaired) electrons. The fourth-order valence-electron chi connectivity index (χ4n) is 2.72. The highest BCUT2D eigenvalue weighted by atomic mass is 16.2. The standard InChI is InChI=1S/C15H23N3O/c1-2-18(14-6-4-3-5-7-14)15(19)17-13-10-8-12(16)9-11-13/h8-11,14H,2-7,16H2,1H3,(H,17,19). The predicted molar refractivity (Wildman–Crippen MR) is 79.1 cm³/mol. The molecule has 1 aliphatic rings. The summed E-state index contributed by atoms with van der Waals surface area (Å²) in [6.45, 7) is 2.79. The number of nitrogens with zero attached hydrogens (tertiary/aromatic N) is 1. The van der Waals surface area contributed by atoms with Crippen molar-refractivity contribution in [3.63, 3.8) is 0 Å². The van der Waals surface area contributed by atoms with Crippen LogP contribution in [-0.4, -0.2) is 23.5 Å². The van der Waals surface area contributed by atoms with Crippen LogP contribution in [-0.2, 0) is 0 Å². The molecule has 2 rings (SSSR count). The summed E-state index contributed by atoms with van der Waals surface area (Å²) in [6, 6.07) is 7.66. The van der Waals surface area contributed by atoms with Crippen LogP contribution in [0.4, 0.5) is 16.2 Å². The first-order valence-electron chi connectivity index (χ1n) is 7.14. The van der Waals surface area contributed by atoms with E-state index in [1.165, 1.54) is 19.3 Å². The van der Waals surface area contributed by atoms with Gasteiger partial charge in [-0.3, -0.25) is 0 Å². The van der Waals surface area contributed by atoms with Gasteiger partial charge in [-0.1, -0.05) is 19.3 Å². The molecule has 19 heavy (non-hydrogen) atoms. The highest BCUT2D eigenvalue weighted by Crippen LogP contribution is 2.23. The van der Waals surface area contributed by atoms with E-state index in [1.54, 1.807) is 12.1 Å². The lowest BCUT2D eigenvalue weighted by atomic mass is 9.94. The summed E-state index contributed by atoms with van der Waals surface area (Å²) in [5.41, 5.74) is 7.14. The number of carbonyl (C=O) groups excluding carboxylic acids is 1. The maximum Gasteiger partial charge on any atom is 0.322 e. The van der Waals surface area contributed by atoms with E-state index in [-0.39, 0.29) is 6.03 Å². The Bertz CT molecular complexity index is 410. The van der Waals surface area contributed by atoms with Gasteiger partial charge in [0.1, 0.15) is 0 Å². The molecule has 0 aromatic heterocycles. The Morgan fingerprint density at radius 2 is 1.89 bits per heavy atom. The van der Waals surface area contributed by atoms with Gasteiger partial charge in [0.05, 0.1) is 0 Å². The van der Waals surface area contributed by atoms with Gasteiger partial charge in [-0.15, -0.1) is 0 Å². The molecule has 2 amide bonds. The van der Waals surface area contributed by atoms with Crippen molar-refractivity contribution >= 4 is 17.4 Å². The lowest BCUT2D eigenvalue weighted by Gasteiger charge is -2.33.